The highest BCUT2D eigenvalue weighted by molar-refractivity contribution is 9.10. The van der Waals surface area contributed by atoms with Crippen LogP contribution in [0.15, 0.2) is 28.2 Å². The molecule has 0 atom stereocenters. The molecule has 0 spiro atoms. The molecule has 1 rings (SSSR count). The van der Waals surface area contributed by atoms with Gasteiger partial charge in [-0.2, -0.15) is 5.26 Å². The van der Waals surface area contributed by atoms with Gasteiger partial charge >= 0.3 is 0 Å². The summed E-state index contributed by atoms with van der Waals surface area (Å²) in [5, 5.41) is 10.1. The fraction of sp³-hybridized carbons (Fsp3) is 0.250. The van der Waals surface area contributed by atoms with Crippen molar-refractivity contribution in [2.24, 2.45) is 0 Å². The van der Waals surface area contributed by atoms with Crippen LogP contribution < -0.4 is 0 Å². The average molecular weight is 319 g/mol. The largest absolute Gasteiger partial charge is 0.193 e. The van der Waals surface area contributed by atoms with Gasteiger partial charge in [-0.05, 0) is 40.0 Å². The van der Waals surface area contributed by atoms with Crippen LogP contribution in [0.4, 0.5) is 0 Å². The molecule has 0 aliphatic heterocycles. The van der Waals surface area contributed by atoms with Gasteiger partial charge in [-0.25, -0.2) is 0 Å². The molecule has 0 amide bonds. The quantitative estimate of drug-likeness (QED) is 0.687. The standard InChI is InChI=1S/C12H10BrCl2N/c1-2-3-9(7-16)12(15)8-4-5-10(13)11(14)6-8/h4-6H,2-3H2,1H3/b12-9-. The molecule has 0 aliphatic rings. The van der Waals surface area contributed by atoms with E-state index in [1.165, 1.54) is 0 Å². The molecular weight excluding hydrogens is 309 g/mol. The molecule has 0 unspecified atom stereocenters. The Balaban J connectivity index is 3.17. The number of nitriles is 1. The number of halogens is 3. The van der Waals surface area contributed by atoms with Crippen LogP contribution in [0.2, 0.25) is 5.02 Å². The van der Waals surface area contributed by atoms with Gasteiger partial charge in [0.05, 0.1) is 16.1 Å². The third-order valence-corrected chi connectivity index (χ3v) is 3.75. The second kappa shape index (κ2) is 6.30. The number of benzene rings is 1. The molecule has 0 aromatic heterocycles. The van der Waals surface area contributed by atoms with Crippen molar-refractivity contribution in [1.82, 2.24) is 0 Å². The van der Waals surface area contributed by atoms with Crippen LogP contribution in [0.5, 0.6) is 0 Å². The molecule has 4 heteroatoms. The Bertz CT molecular complexity index is 461. The molecule has 0 saturated heterocycles. The van der Waals surface area contributed by atoms with Crippen molar-refractivity contribution in [2.45, 2.75) is 19.8 Å². The van der Waals surface area contributed by atoms with Gasteiger partial charge in [-0.15, -0.1) is 0 Å². The molecular formula is C12H10BrCl2N. The van der Waals surface area contributed by atoms with Crippen LogP contribution in [-0.2, 0) is 0 Å². The zero-order valence-corrected chi connectivity index (χ0v) is 11.8. The van der Waals surface area contributed by atoms with E-state index in [1.54, 1.807) is 6.07 Å². The van der Waals surface area contributed by atoms with Gasteiger partial charge in [0, 0.05) is 10.0 Å². The lowest BCUT2D eigenvalue weighted by atomic mass is 10.1. The molecule has 0 radical (unpaired) electrons. The molecule has 0 fully saturated rings. The van der Waals surface area contributed by atoms with Crippen LogP contribution >= 0.6 is 39.1 Å². The summed E-state index contributed by atoms with van der Waals surface area (Å²) in [6.07, 6.45) is 1.58. The predicted molar refractivity (Wildman–Crippen MR) is 72.4 cm³/mol. The normalized spacial score (nSPS) is 11.9. The van der Waals surface area contributed by atoms with Gasteiger partial charge in [0.25, 0.3) is 0 Å². The SMILES string of the molecule is CCC/C(C#N)=C(/Cl)c1ccc(Br)c(Cl)c1. The maximum atomic E-state index is 8.98. The van der Waals surface area contributed by atoms with E-state index >= 15 is 0 Å². The van der Waals surface area contributed by atoms with Crippen LogP contribution in [-0.4, -0.2) is 0 Å². The van der Waals surface area contributed by atoms with Crippen molar-refractivity contribution >= 4 is 44.2 Å². The van der Waals surface area contributed by atoms with Gasteiger partial charge in [0.15, 0.2) is 0 Å². The Kier molecular flexibility index (Phi) is 5.34. The minimum Gasteiger partial charge on any atom is -0.193 e. The van der Waals surface area contributed by atoms with Crippen molar-refractivity contribution in [2.75, 3.05) is 0 Å². The second-order valence-electron chi connectivity index (χ2n) is 3.28. The fourth-order valence-corrected chi connectivity index (χ4v) is 1.95. The molecule has 0 saturated carbocycles. The van der Waals surface area contributed by atoms with Gasteiger partial charge in [0.2, 0.25) is 0 Å². The number of hydrogen-bond donors (Lipinski definition) is 0. The lowest BCUT2D eigenvalue weighted by Gasteiger charge is -2.04. The lowest BCUT2D eigenvalue weighted by molar-refractivity contribution is 0.933. The number of nitrogens with zero attached hydrogens (tertiary/aromatic N) is 1. The first-order valence-electron chi connectivity index (χ1n) is 4.84. The summed E-state index contributed by atoms with van der Waals surface area (Å²) in [7, 11) is 0. The summed E-state index contributed by atoms with van der Waals surface area (Å²) in [5.74, 6) is 0. The van der Waals surface area contributed by atoms with Crippen molar-refractivity contribution in [1.29, 1.82) is 5.26 Å². The first-order valence-corrected chi connectivity index (χ1v) is 6.39. The van der Waals surface area contributed by atoms with Gasteiger partial charge in [-0.1, -0.05) is 42.6 Å². The smallest absolute Gasteiger partial charge is 0.0962 e. The molecule has 0 bridgehead atoms. The van der Waals surface area contributed by atoms with Crippen LogP contribution in [0, 0.1) is 11.3 Å². The molecule has 1 nitrogen and oxygen atoms in total. The van der Waals surface area contributed by atoms with E-state index in [9.17, 15) is 0 Å². The Morgan fingerprint density at radius 2 is 2.19 bits per heavy atom. The maximum absolute atomic E-state index is 8.98. The minimum atomic E-state index is 0.485. The highest BCUT2D eigenvalue weighted by Gasteiger charge is 2.08. The van der Waals surface area contributed by atoms with Crippen LogP contribution in [0.1, 0.15) is 25.3 Å². The molecule has 1 aromatic rings. The molecule has 0 aliphatic carbocycles. The maximum Gasteiger partial charge on any atom is 0.0962 e. The van der Waals surface area contributed by atoms with Crippen molar-refractivity contribution in [3.8, 4) is 6.07 Å². The Labute approximate surface area is 114 Å². The topological polar surface area (TPSA) is 23.8 Å². The summed E-state index contributed by atoms with van der Waals surface area (Å²) < 4.78 is 0.816. The molecule has 84 valence electrons. The Hall–Kier alpha value is -0.490. The van der Waals surface area contributed by atoms with Gasteiger partial charge < -0.3 is 0 Å². The summed E-state index contributed by atoms with van der Waals surface area (Å²) in [6, 6.07) is 7.54. The summed E-state index contributed by atoms with van der Waals surface area (Å²) in [5.41, 5.74) is 1.38. The van der Waals surface area contributed by atoms with Gasteiger partial charge in [-0.3, -0.25) is 0 Å². The first-order chi connectivity index (χ1) is 7.60. The van der Waals surface area contributed by atoms with Crippen LogP contribution in [0.25, 0.3) is 5.03 Å². The monoisotopic (exact) mass is 317 g/mol. The number of hydrogen-bond acceptors (Lipinski definition) is 1. The summed E-state index contributed by atoms with van der Waals surface area (Å²) >= 11 is 15.4. The third kappa shape index (κ3) is 3.25. The summed E-state index contributed by atoms with van der Waals surface area (Å²) in [6.45, 7) is 2.01. The first kappa shape index (κ1) is 13.6. The molecule has 1 aromatic carbocycles. The van der Waals surface area contributed by atoms with E-state index in [4.69, 9.17) is 28.5 Å². The molecule has 16 heavy (non-hydrogen) atoms. The summed E-state index contributed by atoms with van der Waals surface area (Å²) in [4.78, 5) is 0. The van der Waals surface area contributed by atoms with Crippen molar-refractivity contribution in [3.05, 3.63) is 38.8 Å². The lowest BCUT2D eigenvalue weighted by Crippen LogP contribution is -1.85. The van der Waals surface area contributed by atoms with Crippen molar-refractivity contribution < 1.29 is 0 Å². The minimum absolute atomic E-state index is 0.485. The molecule has 0 heterocycles. The van der Waals surface area contributed by atoms with Crippen molar-refractivity contribution in [3.63, 3.8) is 0 Å². The van der Waals surface area contributed by atoms with Crippen LogP contribution in [0.3, 0.4) is 0 Å². The van der Waals surface area contributed by atoms with E-state index < -0.39 is 0 Å². The fourth-order valence-electron chi connectivity index (χ4n) is 1.27. The van der Waals surface area contributed by atoms with Gasteiger partial charge in [0.1, 0.15) is 0 Å². The van der Waals surface area contributed by atoms with E-state index in [-0.39, 0.29) is 0 Å². The highest BCUT2D eigenvalue weighted by Crippen LogP contribution is 2.30. The van der Waals surface area contributed by atoms with E-state index in [0.717, 1.165) is 16.5 Å². The zero-order valence-electron chi connectivity index (χ0n) is 8.73. The van der Waals surface area contributed by atoms with E-state index in [0.29, 0.717) is 22.0 Å². The molecule has 0 N–H and O–H groups in total. The van der Waals surface area contributed by atoms with E-state index in [2.05, 4.69) is 22.0 Å². The average Bonchev–Trinajstić information content (AvgIpc) is 2.28. The number of allylic oxidation sites excluding steroid dienone is 1. The predicted octanol–water partition coefficient (Wildman–Crippen LogP) is 5.38. The third-order valence-electron chi connectivity index (χ3n) is 2.07. The second-order valence-corrected chi connectivity index (χ2v) is 4.92. The Morgan fingerprint density at radius 3 is 2.69 bits per heavy atom. The Morgan fingerprint density at radius 1 is 1.50 bits per heavy atom. The number of rotatable bonds is 3. The van der Waals surface area contributed by atoms with E-state index in [1.807, 2.05) is 19.1 Å². The highest BCUT2D eigenvalue weighted by atomic mass is 79.9. The zero-order chi connectivity index (χ0) is 12.1.